The molecule has 0 aromatic rings. The molecule has 33 heavy (non-hydrogen) atoms. The molecule has 3 aliphatic carbocycles. The summed E-state index contributed by atoms with van der Waals surface area (Å²) < 4.78 is 0. The van der Waals surface area contributed by atoms with E-state index in [0.717, 1.165) is 43.3 Å². The van der Waals surface area contributed by atoms with Crippen LogP contribution in [-0.2, 0) is 0 Å². The van der Waals surface area contributed by atoms with E-state index in [4.69, 9.17) is 0 Å². The van der Waals surface area contributed by atoms with Crippen molar-refractivity contribution in [1.29, 1.82) is 0 Å². The summed E-state index contributed by atoms with van der Waals surface area (Å²) >= 11 is 0. The summed E-state index contributed by atoms with van der Waals surface area (Å²) in [5, 5.41) is 41.6. The second kappa shape index (κ2) is 10.5. The molecule has 3 saturated carbocycles. The second-order valence-corrected chi connectivity index (χ2v) is 11.0. The third kappa shape index (κ3) is 5.49. The molecule has 0 aromatic heterocycles. The van der Waals surface area contributed by atoms with Gasteiger partial charge in [-0.25, -0.2) is 0 Å². The zero-order valence-corrected chi connectivity index (χ0v) is 21.0. The smallest absolute Gasteiger partial charge is 0.125 e. The average molecular weight is 457 g/mol. The van der Waals surface area contributed by atoms with E-state index < -0.39 is 23.9 Å². The predicted octanol–water partition coefficient (Wildman–Crippen LogP) is 4.68. The molecular weight excluding hydrogens is 412 g/mol. The van der Waals surface area contributed by atoms with Crippen molar-refractivity contribution in [3.8, 4) is 11.8 Å². The summed E-state index contributed by atoms with van der Waals surface area (Å²) in [6.07, 6.45) is 9.97. The van der Waals surface area contributed by atoms with Crippen LogP contribution in [-0.4, -0.2) is 44.3 Å². The Morgan fingerprint density at radius 2 is 1.91 bits per heavy atom. The molecular formula is C29H44O4. The Morgan fingerprint density at radius 1 is 1.21 bits per heavy atom. The van der Waals surface area contributed by atoms with Crippen LogP contribution in [0.15, 0.2) is 35.5 Å². The normalized spacial score (nSPS) is 36.9. The van der Waals surface area contributed by atoms with Gasteiger partial charge in [-0.3, -0.25) is 0 Å². The van der Waals surface area contributed by atoms with E-state index in [1.165, 1.54) is 5.57 Å². The van der Waals surface area contributed by atoms with Crippen LogP contribution in [0.3, 0.4) is 0 Å². The van der Waals surface area contributed by atoms with Gasteiger partial charge in [-0.2, -0.15) is 0 Å². The molecule has 3 fully saturated rings. The van der Waals surface area contributed by atoms with E-state index in [2.05, 4.69) is 44.4 Å². The number of hydrogen-bond donors (Lipinski definition) is 4. The lowest BCUT2D eigenvalue weighted by Gasteiger charge is -2.44. The zero-order valence-electron chi connectivity index (χ0n) is 21.0. The number of rotatable bonds is 5. The Morgan fingerprint density at radius 3 is 2.58 bits per heavy atom. The summed E-state index contributed by atoms with van der Waals surface area (Å²) in [6.45, 7) is 12.4. The van der Waals surface area contributed by atoms with Crippen molar-refractivity contribution in [3.63, 3.8) is 0 Å². The number of aliphatic hydroxyl groups is 4. The van der Waals surface area contributed by atoms with Crippen molar-refractivity contribution in [1.82, 2.24) is 0 Å². The number of aliphatic hydroxyl groups excluding tert-OH is 3. The Bertz CT molecular complexity index is 839. The van der Waals surface area contributed by atoms with Gasteiger partial charge in [0.05, 0.1) is 12.2 Å². The zero-order chi connectivity index (χ0) is 24.4. The first-order valence-electron chi connectivity index (χ1n) is 12.9. The van der Waals surface area contributed by atoms with Gasteiger partial charge < -0.3 is 20.4 Å². The molecule has 184 valence electrons. The lowest BCUT2D eigenvalue weighted by Crippen LogP contribution is -2.39. The quantitative estimate of drug-likeness (QED) is 0.453. The molecule has 0 aromatic carbocycles. The van der Waals surface area contributed by atoms with E-state index in [0.29, 0.717) is 37.5 Å². The predicted molar refractivity (Wildman–Crippen MR) is 133 cm³/mol. The monoisotopic (exact) mass is 456 g/mol. The van der Waals surface area contributed by atoms with Gasteiger partial charge in [0.1, 0.15) is 11.7 Å². The first kappa shape index (κ1) is 26.2. The van der Waals surface area contributed by atoms with Crippen LogP contribution >= 0.6 is 0 Å². The van der Waals surface area contributed by atoms with Crippen molar-refractivity contribution >= 4 is 0 Å². The van der Waals surface area contributed by atoms with Crippen LogP contribution in [0, 0.1) is 35.0 Å². The van der Waals surface area contributed by atoms with Crippen LogP contribution in [0.4, 0.5) is 0 Å². The van der Waals surface area contributed by atoms with Crippen molar-refractivity contribution in [2.75, 3.05) is 0 Å². The minimum absolute atomic E-state index is 0.0478. The first-order valence-corrected chi connectivity index (χ1v) is 12.9. The van der Waals surface area contributed by atoms with Crippen LogP contribution in [0.1, 0.15) is 85.5 Å². The van der Waals surface area contributed by atoms with E-state index in [1.807, 2.05) is 13.8 Å². The molecule has 4 N–H and O–H groups in total. The van der Waals surface area contributed by atoms with E-state index in [-0.39, 0.29) is 11.3 Å². The highest BCUT2D eigenvalue weighted by Crippen LogP contribution is 2.59. The Kier molecular flexibility index (Phi) is 8.33. The standard InChI is InChI=1S/C29H44O4/c1-6-29(33,7-2)16-14-26(31)20(4)24-12-13-25-21(9-8-15-28(24,25)5)10-11-22-17-23(30)18-27(32)19(22)3/h10-11,20,23-27,30-33H,3,6-9,12-13,15,17-18H2,1-2,4-5H3/b21-10+,22-11+/t20-,23+,24+,25-,26+,27-,28+/m0/s1. The fourth-order valence-corrected chi connectivity index (χ4v) is 6.59. The second-order valence-electron chi connectivity index (χ2n) is 11.0. The van der Waals surface area contributed by atoms with Gasteiger partial charge in [-0.1, -0.05) is 63.8 Å². The molecule has 0 heterocycles. The molecule has 3 rings (SSSR count). The number of hydrogen-bond acceptors (Lipinski definition) is 4. The average Bonchev–Trinajstić information content (AvgIpc) is 3.15. The van der Waals surface area contributed by atoms with Gasteiger partial charge in [0, 0.05) is 6.42 Å². The summed E-state index contributed by atoms with van der Waals surface area (Å²) in [6, 6.07) is 0. The number of fused-ring (bicyclic) bond motifs is 1. The minimum atomic E-state index is -1.01. The molecule has 0 aliphatic heterocycles. The highest BCUT2D eigenvalue weighted by molar-refractivity contribution is 5.38. The van der Waals surface area contributed by atoms with Crippen molar-refractivity contribution in [3.05, 3.63) is 35.5 Å². The van der Waals surface area contributed by atoms with Gasteiger partial charge in [0.25, 0.3) is 0 Å². The summed E-state index contributed by atoms with van der Waals surface area (Å²) in [4.78, 5) is 0. The van der Waals surface area contributed by atoms with Crippen molar-refractivity contribution in [2.24, 2.45) is 23.2 Å². The molecule has 4 nitrogen and oxygen atoms in total. The van der Waals surface area contributed by atoms with Gasteiger partial charge in [0.2, 0.25) is 0 Å². The van der Waals surface area contributed by atoms with Crippen LogP contribution < -0.4 is 0 Å². The van der Waals surface area contributed by atoms with Gasteiger partial charge in [0.15, 0.2) is 0 Å². The maximum absolute atomic E-state index is 10.9. The van der Waals surface area contributed by atoms with E-state index in [1.54, 1.807) is 0 Å². The van der Waals surface area contributed by atoms with Crippen LogP contribution in [0.5, 0.6) is 0 Å². The third-order valence-corrected chi connectivity index (χ3v) is 9.06. The van der Waals surface area contributed by atoms with Crippen LogP contribution in [0.2, 0.25) is 0 Å². The lowest BCUT2D eigenvalue weighted by atomic mass is 9.60. The molecule has 0 saturated heterocycles. The first-order chi connectivity index (χ1) is 15.5. The molecule has 3 aliphatic rings. The lowest BCUT2D eigenvalue weighted by molar-refractivity contribution is 0.0446. The largest absolute Gasteiger partial charge is 0.393 e. The molecule has 0 unspecified atom stereocenters. The summed E-state index contributed by atoms with van der Waals surface area (Å²) in [5.74, 6) is 6.84. The van der Waals surface area contributed by atoms with Crippen molar-refractivity contribution < 1.29 is 20.4 Å². The SMILES string of the molecule is C=C1/C(=C/C=C2\CCC[C@]3(C)[C@@H]([C@H](C)[C@H](O)C#CC(O)(CC)CC)CC[C@@H]23)C[C@@H](O)C[C@@H]1O. The maximum Gasteiger partial charge on any atom is 0.125 e. The van der Waals surface area contributed by atoms with Gasteiger partial charge >= 0.3 is 0 Å². The summed E-state index contributed by atoms with van der Waals surface area (Å²) in [5.41, 5.74) is 2.24. The number of allylic oxidation sites excluding steroid dienone is 3. The van der Waals surface area contributed by atoms with Gasteiger partial charge in [-0.15, -0.1) is 0 Å². The molecule has 7 atom stereocenters. The third-order valence-electron chi connectivity index (χ3n) is 9.06. The maximum atomic E-state index is 10.9. The highest BCUT2D eigenvalue weighted by atomic mass is 16.3. The topological polar surface area (TPSA) is 80.9 Å². The molecule has 0 amide bonds. The molecule has 4 heteroatoms. The van der Waals surface area contributed by atoms with E-state index in [9.17, 15) is 20.4 Å². The van der Waals surface area contributed by atoms with Crippen molar-refractivity contribution in [2.45, 2.75) is 109 Å². The Hall–Kier alpha value is -1.38. The molecule has 0 spiro atoms. The fraction of sp³-hybridized carbons (Fsp3) is 0.724. The minimum Gasteiger partial charge on any atom is -0.393 e. The van der Waals surface area contributed by atoms with Gasteiger partial charge in [-0.05, 0) is 85.7 Å². The molecule has 0 radical (unpaired) electrons. The Balaban J connectivity index is 1.78. The Labute approximate surface area is 200 Å². The fourth-order valence-electron chi connectivity index (χ4n) is 6.59. The molecule has 0 bridgehead atoms. The van der Waals surface area contributed by atoms with E-state index >= 15 is 0 Å². The summed E-state index contributed by atoms with van der Waals surface area (Å²) in [7, 11) is 0. The highest BCUT2D eigenvalue weighted by Gasteiger charge is 2.51. The van der Waals surface area contributed by atoms with Crippen LogP contribution in [0.25, 0.3) is 0 Å².